The highest BCUT2D eigenvalue weighted by Crippen LogP contribution is 2.25. The summed E-state index contributed by atoms with van der Waals surface area (Å²) >= 11 is -5.23. The number of benzene rings is 2. The van der Waals surface area contributed by atoms with Gasteiger partial charge in [-0.15, -0.1) is 0 Å². The maximum atomic E-state index is 13.5. The fraction of sp³-hybridized carbons (Fsp3) is 0. The van der Waals surface area contributed by atoms with Crippen molar-refractivity contribution < 1.29 is 53.0 Å². The summed E-state index contributed by atoms with van der Waals surface area (Å²) in [5.74, 6) is -22.9. The van der Waals surface area contributed by atoms with E-state index in [-0.39, 0.29) is 12.2 Å². The second-order valence-electron chi connectivity index (χ2n) is 5.25. The lowest BCUT2D eigenvalue weighted by Crippen LogP contribution is -2.27. The first-order valence-electron chi connectivity index (χ1n) is 7.35. The Morgan fingerprint density at radius 2 is 0.677 bits per heavy atom. The summed E-state index contributed by atoms with van der Waals surface area (Å²) in [5.41, 5.74) is -2.93. The van der Waals surface area contributed by atoms with Crippen LogP contribution in [0.15, 0.2) is 10.8 Å². The zero-order chi connectivity index (χ0) is 23.6. The van der Waals surface area contributed by atoms with E-state index < -0.39 is 92.0 Å². The van der Waals surface area contributed by atoms with Crippen LogP contribution in [0.25, 0.3) is 12.2 Å². The van der Waals surface area contributed by atoms with E-state index >= 15 is 0 Å². The summed E-state index contributed by atoms with van der Waals surface area (Å²) in [6, 6.07) is 0. The van der Waals surface area contributed by atoms with Gasteiger partial charge < -0.3 is 9.11 Å². The van der Waals surface area contributed by atoms with Crippen molar-refractivity contribution in [3.05, 3.63) is 80.1 Å². The van der Waals surface area contributed by atoms with Crippen molar-refractivity contribution in [3.63, 3.8) is 0 Å². The van der Waals surface area contributed by atoms with Crippen molar-refractivity contribution in [2.24, 2.45) is 0 Å². The Bertz CT molecular complexity index is 938. The van der Waals surface area contributed by atoms with Gasteiger partial charge in [0.1, 0.15) is 33.5 Å². The van der Waals surface area contributed by atoms with Crippen molar-refractivity contribution in [3.8, 4) is 0 Å². The highest BCUT2D eigenvalue weighted by Gasteiger charge is 2.26. The molecule has 0 radical (unpaired) electrons. The zero-order valence-corrected chi connectivity index (χ0v) is 15.9. The van der Waals surface area contributed by atoms with Gasteiger partial charge in [0, 0.05) is 16.3 Å². The average Bonchev–Trinajstić information content (AvgIpc) is 2.73. The number of hydrogen-bond acceptors (Lipinski definition) is 3. The van der Waals surface area contributed by atoms with E-state index in [0.29, 0.717) is 10.8 Å². The Balaban J connectivity index is 2.17. The van der Waals surface area contributed by atoms with Crippen LogP contribution in [0.1, 0.15) is 11.1 Å². The van der Waals surface area contributed by atoms with Crippen LogP contribution in [-0.4, -0.2) is 9.11 Å². The maximum Gasteiger partial charge on any atom is 0.200 e. The molecule has 0 saturated heterocycles. The van der Waals surface area contributed by atoms with Gasteiger partial charge in [-0.05, 0) is 0 Å². The second kappa shape index (κ2) is 9.95. The molecule has 0 aromatic heterocycles. The molecule has 2 atom stereocenters. The summed E-state index contributed by atoms with van der Waals surface area (Å²) in [5, 5.41) is 0.644. The van der Waals surface area contributed by atoms with Crippen molar-refractivity contribution in [1.29, 1.82) is 0 Å². The third-order valence-electron chi connectivity index (χ3n) is 3.37. The topological polar surface area (TPSA) is 58.1 Å². The van der Waals surface area contributed by atoms with Crippen LogP contribution >= 0.6 is 0 Å². The number of halogens is 10. The molecule has 1 N–H and O–H groups in total. The molecule has 0 fully saturated rings. The molecule has 3 nitrogen and oxygen atoms in total. The molecule has 0 aliphatic heterocycles. The van der Waals surface area contributed by atoms with Crippen molar-refractivity contribution >= 4 is 34.9 Å². The standard InChI is InChI=1S/C16H5F10NO2S2/c17-7-5(8(18)12(22)15(25)11(7)21)1-3-30(28)27-31(29)4-2-6-9(19)13(23)16(26)14(24)10(6)20/h1-4,27H/b3-1+,4-2+. The SMILES string of the molecule is [O-][S+](/C=C/c1c(F)c(F)c(F)c(F)c1F)N[S+]([O-])/C=C/c1c(F)c(F)c(F)c(F)c1F. The molecule has 2 unspecified atom stereocenters. The molecule has 0 aliphatic rings. The molecule has 2 aromatic carbocycles. The van der Waals surface area contributed by atoms with Gasteiger partial charge >= 0.3 is 0 Å². The first-order valence-corrected chi connectivity index (χ1v) is 9.77. The minimum atomic E-state index is -2.62. The van der Waals surface area contributed by atoms with E-state index in [1.165, 1.54) is 0 Å². The van der Waals surface area contributed by atoms with Crippen LogP contribution in [0.2, 0.25) is 0 Å². The molecule has 0 spiro atoms. The fourth-order valence-corrected chi connectivity index (χ4v) is 3.54. The van der Waals surface area contributed by atoms with E-state index in [4.69, 9.17) is 0 Å². The lowest BCUT2D eigenvalue weighted by Gasteiger charge is -2.08. The highest BCUT2D eigenvalue weighted by atomic mass is 32.3. The van der Waals surface area contributed by atoms with Crippen LogP contribution in [-0.2, 0) is 22.7 Å². The molecule has 0 amide bonds. The summed E-state index contributed by atoms with van der Waals surface area (Å²) in [6.45, 7) is 0. The molecule has 2 rings (SSSR count). The summed E-state index contributed by atoms with van der Waals surface area (Å²) in [4.78, 5) is 0. The maximum absolute atomic E-state index is 13.5. The summed E-state index contributed by atoms with van der Waals surface area (Å²) in [6.07, 6.45) is 0.425. The number of hydrogen-bond donors (Lipinski definition) is 1. The van der Waals surface area contributed by atoms with Crippen molar-refractivity contribution in [2.45, 2.75) is 0 Å². The molecule has 2 aromatic rings. The molecule has 31 heavy (non-hydrogen) atoms. The van der Waals surface area contributed by atoms with Crippen LogP contribution < -0.4 is 4.13 Å². The van der Waals surface area contributed by atoms with Crippen molar-refractivity contribution in [2.75, 3.05) is 0 Å². The molecular weight excluding hydrogens is 492 g/mol. The van der Waals surface area contributed by atoms with Gasteiger partial charge in [-0.1, -0.05) is 0 Å². The Morgan fingerprint density at radius 3 is 0.935 bits per heavy atom. The molecule has 0 bridgehead atoms. The van der Waals surface area contributed by atoms with Crippen LogP contribution in [0.3, 0.4) is 0 Å². The Kier molecular flexibility index (Phi) is 8.04. The second-order valence-corrected chi connectivity index (χ2v) is 7.65. The monoisotopic (exact) mass is 497 g/mol. The van der Waals surface area contributed by atoms with E-state index in [1.54, 1.807) is 4.13 Å². The molecule has 0 saturated carbocycles. The minimum Gasteiger partial charge on any atom is -0.590 e. The number of nitrogens with one attached hydrogen (secondary N) is 1. The van der Waals surface area contributed by atoms with Gasteiger partial charge in [-0.3, -0.25) is 0 Å². The fourth-order valence-electron chi connectivity index (χ4n) is 1.93. The first-order chi connectivity index (χ1) is 14.4. The molecule has 168 valence electrons. The molecule has 0 heterocycles. The first kappa shape index (κ1) is 25.1. The van der Waals surface area contributed by atoms with Gasteiger partial charge in [0.25, 0.3) is 0 Å². The summed E-state index contributed by atoms with van der Waals surface area (Å²) < 4.78 is 157. The van der Waals surface area contributed by atoms with Crippen LogP contribution in [0.4, 0.5) is 43.9 Å². The smallest absolute Gasteiger partial charge is 0.200 e. The lowest BCUT2D eigenvalue weighted by molar-refractivity contribution is 0.377. The van der Waals surface area contributed by atoms with Crippen LogP contribution in [0.5, 0.6) is 0 Å². The Morgan fingerprint density at radius 1 is 0.452 bits per heavy atom. The van der Waals surface area contributed by atoms with Gasteiger partial charge in [-0.25, -0.2) is 43.9 Å². The Labute approximate surface area is 172 Å². The largest absolute Gasteiger partial charge is 0.590 e. The zero-order valence-electron chi connectivity index (χ0n) is 14.2. The highest BCUT2D eigenvalue weighted by molar-refractivity contribution is 8.07. The molecule has 15 heteroatoms. The van der Waals surface area contributed by atoms with E-state index in [2.05, 4.69) is 0 Å². The molecule has 0 aliphatic carbocycles. The van der Waals surface area contributed by atoms with E-state index in [1.807, 2.05) is 0 Å². The molecular formula is C16H5F10NO2S2. The third-order valence-corrected chi connectivity index (χ3v) is 5.45. The third kappa shape index (κ3) is 5.17. The van der Waals surface area contributed by atoms with Gasteiger partial charge in [0.15, 0.2) is 46.5 Å². The van der Waals surface area contributed by atoms with Gasteiger partial charge in [-0.2, -0.15) is 0 Å². The average molecular weight is 497 g/mol. The van der Waals surface area contributed by atoms with E-state index in [0.717, 1.165) is 0 Å². The lowest BCUT2D eigenvalue weighted by atomic mass is 10.1. The Hall–Kier alpha value is -2.20. The number of rotatable bonds is 6. The predicted molar refractivity (Wildman–Crippen MR) is 90.0 cm³/mol. The van der Waals surface area contributed by atoms with E-state index in [9.17, 15) is 53.0 Å². The van der Waals surface area contributed by atoms with Crippen molar-refractivity contribution in [1.82, 2.24) is 4.13 Å². The minimum absolute atomic E-state index is 0.213. The normalized spacial score (nSPS) is 14.1. The van der Waals surface area contributed by atoms with Gasteiger partial charge in [0.05, 0.1) is 11.1 Å². The van der Waals surface area contributed by atoms with Gasteiger partial charge in [0.2, 0.25) is 11.6 Å². The predicted octanol–water partition coefficient (Wildman–Crippen LogP) is 4.64. The quantitative estimate of drug-likeness (QED) is 0.274. The summed E-state index contributed by atoms with van der Waals surface area (Å²) in [7, 11) is 0. The van der Waals surface area contributed by atoms with Crippen LogP contribution in [0, 0.1) is 58.2 Å².